The van der Waals surface area contributed by atoms with Crippen molar-refractivity contribution in [2.45, 2.75) is 31.5 Å². The predicted octanol–water partition coefficient (Wildman–Crippen LogP) is 3.57. The maximum Gasteiger partial charge on any atom is 0.270 e. The molecule has 9 heteroatoms. The number of Topliss-reactive ketones (excluding diaryl/α,β-unsaturated/α-hetero) is 1. The zero-order valence-electron chi connectivity index (χ0n) is 16.8. The summed E-state index contributed by atoms with van der Waals surface area (Å²) in [4.78, 5) is 29.9. The van der Waals surface area contributed by atoms with Gasteiger partial charge in [-0.3, -0.25) is 14.2 Å². The fraction of sp³-hybridized carbons (Fsp3) is 0.333. The van der Waals surface area contributed by atoms with Crippen LogP contribution in [0.1, 0.15) is 39.4 Å². The van der Waals surface area contributed by atoms with E-state index in [4.69, 9.17) is 4.42 Å². The van der Waals surface area contributed by atoms with Crippen molar-refractivity contribution in [3.63, 3.8) is 0 Å². The zero-order chi connectivity index (χ0) is 21.1. The summed E-state index contributed by atoms with van der Waals surface area (Å²) >= 11 is 1.31. The number of rotatable bonds is 8. The van der Waals surface area contributed by atoms with Gasteiger partial charge in [0, 0.05) is 31.4 Å². The molecular formula is C21H23N5O3S. The summed E-state index contributed by atoms with van der Waals surface area (Å²) in [6, 6.07) is 3.48. The third-order valence-electron chi connectivity index (χ3n) is 5.09. The van der Waals surface area contributed by atoms with E-state index in [1.54, 1.807) is 24.6 Å². The molecule has 0 saturated carbocycles. The lowest BCUT2D eigenvalue weighted by Gasteiger charge is -2.13. The number of aromatic amines is 1. The molecule has 4 heterocycles. The second kappa shape index (κ2) is 8.74. The average molecular weight is 426 g/mol. The summed E-state index contributed by atoms with van der Waals surface area (Å²) in [5.74, 6) is 1.49. The van der Waals surface area contributed by atoms with E-state index in [0.29, 0.717) is 28.8 Å². The smallest absolute Gasteiger partial charge is 0.270 e. The molecule has 3 aromatic rings. The fourth-order valence-electron chi connectivity index (χ4n) is 3.49. The second-order valence-corrected chi connectivity index (χ2v) is 8.05. The number of hydrogen-bond donors (Lipinski definition) is 1. The standard InChI is InChI=1S/C21H23N5O3S/c1-3-7-26-19(16-6-10-29-14(16)2)23-24-21(26)30-13-18(27)15-11-17(22-12-15)20(28)25-8-4-5-9-25/h3,6,10-12,22H,1,4-5,7-9,13H2,2H3. The van der Waals surface area contributed by atoms with Crippen LogP contribution in [0.25, 0.3) is 11.4 Å². The normalized spacial score (nSPS) is 13.7. The minimum Gasteiger partial charge on any atom is -0.469 e. The Balaban J connectivity index is 1.45. The number of carbonyl (C=O) groups is 2. The van der Waals surface area contributed by atoms with Crippen LogP contribution in [0, 0.1) is 6.92 Å². The number of carbonyl (C=O) groups excluding carboxylic acids is 2. The van der Waals surface area contributed by atoms with E-state index in [9.17, 15) is 9.59 Å². The topological polar surface area (TPSA) is 97.0 Å². The first-order valence-electron chi connectivity index (χ1n) is 9.80. The first kappa shape index (κ1) is 20.2. The van der Waals surface area contributed by atoms with Crippen molar-refractivity contribution in [1.82, 2.24) is 24.6 Å². The number of furan rings is 1. The van der Waals surface area contributed by atoms with Gasteiger partial charge in [-0.05, 0) is 31.9 Å². The Labute approximate surface area is 178 Å². The first-order valence-corrected chi connectivity index (χ1v) is 10.8. The van der Waals surface area contributed by atoms with Crippen LogP contribution >= 0.6 is 11.8 Å². The monoisotopic (exact) mass is 425 g/mol. The number of thioether (sulfide) groups is 1. The second-order valence-electron chi connectivity index (χ2n) is 7.11. The highest BCUT2D eigenvalue weighted by Gasteiger charge is 2.22. The molecule has 3 aromatic heterocycles. The molecule has 0 radical (unpaired) electrons. The summed E-state index contributed by atoms with van der Waals surface area (Å²) in [6.45, 7) is 7.73. The molecule has 1 aliphatic rings. The van der Waals surface area contributed by atoms with Crippen molar-refractivity contribution >= 4 is 23.5 Å². The van der Waals surface area contributed by atoms with Crippen molar-refractivity contribution in [2.75, 3.05) is 18.8 Å². The number of nitrogens with zero attached hydrogens (tertiary/aromatic N) is 4. The van der Waals surface area contributed by atoms with Gasteiger partial charge in [0.05, 0.1) is 17.6 Å². The van der Waals surface area contributed by atoms with Crippen LogP contribution in [-0.2, 0) is 6.54 Å². The van der Waals surface area contributed by atoms with Gasteiger partial charge in [-0.1, -0.05) is 17.8 Å². The van der Waals surface area contributed by atoms with Crippen LogP contribution in [0.3, 0.4) is 0 Å². The number of nitrogens with one attached hydrogen (secondary N) is 1. The largest absolute Gasteiger partial charge is 0.469 e. The number of ketones is 1. The molecule has 0 unspecified atom stereocenters. The van der Waals surface area contributed by atoms with Gasteiger partial charge in [0.1, 0.15) is 11.5 Å². The molecule has 30 heavy (non-hydrogen) atoms. The van der Waals surface area contributed by atoms with Crippen LogP contribution in [0.15, 0.2) is 46.8 Å². The minimum atomic E-state index is -0.0779. The van der Waals surface area contributed by atoms with E-state index in [2.05, 4.69) is 21.8 Å². The lowest BCUT2D eigenvalue weighted by molar-refractivity contribution is 0.0787. The van der Waals surface area contributed by atoms with Gasteiger partial charge < -0.3 is 14.3 Å². The number of aromatic nitrogens is 4. The van der Waals surface area contributed by atoms with Crippen molar-refractivity contribution in [3.8, 4) is 11.4 Å². The van der Waals surface area contributed by atoms with Gasteiger partial charge in [-0.2, -0.15) is 0 Å². The van der Waals surface area contributed by atoms with E-state index >= 15 is 0 Å². The minimum absolute atomic E-state index is 0.0509. The van der Waals surface area contributed by atoms with E-state index in [0.717, 1.165) is 37.3 Å². The van der Waals surface area contributed by atoms with Gasteiger partial charge in [-0.25, -0.2) is 0 Å². The summed E-state index contributed by atoms with van der Waals surface area (Å²) < 4.78 is 7.28. The molecule has 1 amide bonds. The molecular weight excluding hydrogens is 402 g/mol. The van der Waals surface area contributed by atoms with Gasteiger partial charge in [0.2, 0.25) is 0 Å². The van der Waals surface area contributed by atoms with Crippen molar-refractivity contribution in [1.29, 1.82) is 0 Å². The van der Waals surface area contributed by atoms with Gasteiger partial charge in [-0.15, -0.1) is 16.8 Å². The van der Waals surface area contributed by atoms with E-state index in [1.807, 2.05) is 22.5 Å². The number of hydrogen-bond acceptors (Lipinski definition) is 6. The Morgan fingerprint density at radius 2 is 2.13 bits per heavy atom. The summed E-state index contributed by atoms with van der Waals surface area (Å²) in [6.07, 6.45) is 7.03. The maximum absolute atomic E-state index is 12.7. The van der Waals surface area contributed by atoms with E-state index in [1.165, 1.54) is 11.8 Å². The Kier molecular flexibility index (Phi) is 5.89. The van der Waals surface area contributed by atoms with Crippen LogP contribution in [0.4, 0.5) is 0 Å². The number of amides is 1. The SMILES string of the molecule is C=CCn1c(SCC(=O)c2c[nH]c(C(=O)N3CCCC3)c2)nnc1-c1ccoc1C. The van der Waals surface area contributed by atoms with Crippen molar-refractivity contribution in [2.24, 2.45) is 0 Å². The molecule has 0 bridgehead atoms. The number of aryl methyl sites for hydroxylation is 1. The molecule has 8 nitrogen and oxygen atoms in total. The highest BCUT2D eigenvalue weighted by Crippen LogP contribution is 2.27. The lowest BCUT2D eigenvalue weighted by Crippen LogP contribution is -2.27. The third-order valence-corrected chi connectivity index (χ3v) is 6.06. The first-order chi connectivity index (χ1) is 14.6. The maximum atomic E-state index is 12.7. The highest BCUT2D eigenvalue weighted by atomic mass is 32.2. The molecule has 1 N–H and O–H groups in total. The van der Waals surface area contributed by atoms with Crippen LogP contribution in [0.2, 0.25) is 0 Å². The van der Waals surface area contributed by atoms with Gasteiger partial charge in [0.15, 0.2) is 16.8 Å². The molecule has 0 spiro atoms. The number of allylic oxidation sites excluding steroid dienone is 1. The molecule has 156 valence electrons. The van der Waals surface area contributed by atoms with Gasteiger partial charge in [0.25, 0.3) is 5.91 Å². The average Bonchev–Trinajstić information content (AvgIpc) is 3.53. The van der Waals surface area contributed by atoms with Crippen molar-refractivity contribution < 1.29 is 14.0 Å². The number of likely N-dealkylation sites (tertiary alicyclic amines) is 1. The Morgan fingerprint density at radius 3 is 2.83 bits per heavy atom. The summed E-state index contributed by atoms with van der Waals surface area (Å²) in [5.41, 5.74) is 1.81. The molecule has 0 aromatic carbocycles. The van der Waals surface area contributed by atoms with Crippen molar-refractivity contribution in [3.05, 3.63) is 54.3 Å². The summed E-state index contributed by atoms with van der Waals surface area (Å²) in [5, 5.41) is 9.15. The number of H-pyrrole nitrogens is 1. The third kappa shape index (κ3) is 3.97. The molecule has 1 aliphatic heterocycles. The quantitative estimate of drug-likeness (QED) is 0.337. The molecule has 1 fully saturated rings. The highest BCUT2D eigenvalue weighted by molar-refractivity contribution is 7.99. The molecule has 0 aliphatic carbocycles. The zero-order valence-corrected chi connectivity index (χ0v) is 17.6. The Hall–Kier alpha value is -3.07. The molecule has 4 rings (SSSR count). The summed E-state index contributed by atoms with van der Waals surface area (Å²) in [7, 11) is 0. The predicted molar refractivity (Wildman–Crippen MR) is 114 cm³/mol. The fourth-order valence-corrected chi connectivity index (χ4v) is 4.33. The Bertz CT molecular complexity index is 1070. The van der Waals surface area contributed by atoms with E-state index < -0.39 is 0 Å². The van der Waals surface area contributed by atoms with Gasteiger partial charge >= 0.3 is 0 Å². The van der Waals surface area contributed by atoms with E-state index in [-0.39, 0.29) is 17.4 Å². The molecule has 0 atom stereocenters. The van der Waals surface area contributed by atoms with Crippen LogP contribution in [0.5, 0.6) is 0 Å². The molecule has 1 saturated heterocycles. The Morgan fingerprint density at radius 1 is 1.33 bits per heavy atom. The van der Waals surface area contributed by atoms with Crippen LogP contribution in [-0.4, -0.2) is 55.2 Å². The van der Waals surface area contributed by atoms with Crippen LogP contribution < -0.4 is 0 Å². The lowest BCUT2D eigenvalue weighted by atomic mass is 10.2.